The van der Waals surface area contributed by atoms with Crippen LogP contribution in [-0.4, -0.2) is 11.1 Å². The second-order valence-electron chi connectivity index (χ2n) is 3.18. The quantitative estimate of drug-likeness (QED) is 0.645. The van der Waals surface area contributed by atoms with E-state index < -0.39 is 5.97 Å². The third kappa shape index (κ3) is 7.37. The molecule has 0 aromatic rings. The maximum Gasteiger partial charge on any atom is 0.303 e. The van der Waals surface area contributed by atoms with E-state index in [4.69, 9.17) is 5.11 Å². The van der Waals surface area contributed by atoms with E-state index in [2.05, 4.69) is 13.8 Å². The minimum absolute atomic E-state index is 0.327. The molecule has 0 fully saturated rings. The lowest BCUT2D eigenvalue weighted by molar-refractivity contribution is -0.137. The van der Waals surface area contributed by atoms with Gasteiger partial charge in [-0.1, -0.05) is 33.1 Å². The Bertz CT molecular complexity index is 110. The van der Waals surface area contributed by atoms with Gasteiger partial charge in [-0.05, 0) is 12.3 Å². The van der Waals surface area contributed by atoms with Crippen LogP contribution in [-0.2, 0) is 4.79 Å². The zero-order valence-electron chi connectivity index (χ0n) is 7.47. The van der Waals surface area contributed by atoms with E-state index in [0.29, 0.717) is 12.3 Å². The Morgan fingerprint density at radius 2 is 2.09 bits per heavy atom. The van der Waals surface area contributed by atoms with Gasteiger partial charge in [0.05, 0.1) is 0 Å². The van der Waals surface area contributed by atoms with E-state index in [1.54, 1.807) is 0 Å². The number of carbonyl (C=O) groups is 1. The van der Waals surface area contributed by atoms with Crippen molar-refractivity contribution in [1.82, 2.24) is 0 Å². The lowest BCUT2D eigenvalue weighted by Crippen LogP contribution is -1.98. The van der Waals surface area contributed by atoms with Gasteiger partial charge in [0.25, 0.3) is 0 Å². The summed E-state index contributed by atoms with van der Waals surface area (Å²) in [6.45, 7) is 4.35. The van der Waals surface area contributed by atoms with E-state index in [1.807, 2.05) is 0 Å². The van der Waals surface area contributed by atoms with Crippen molar-refractivity contribution in [2.75, 3.05) is 0 Å². The van der Waals surface area contributed by atoms with Crippen LogP contribution in [0.25, 0.3) is 0 Å². The summed E-state index contributed by atoms with van der Waals surface area (Å²) >= 11 is 0. The molecular formula is C9H18O2. The number of hydrogen-bond acceptors (Lipinski definition) is 1. The summed E-state index contributed by atoms with van der Waals surface area (Å²) in [5.74, 6) is 0.0213. The molecule has 66 valence electrons. The predicted octanol–water partition coefficient (Wildman–Crippen LogP) is 2.68. The number of aliphatic carboxylic acids is 1. The van der Waals surface area contributed by atoms with Gasteiger partial charge in [0.1, 0.15) is 0 Å². The van der Waals surface area contributed by atoms with Gasteiger partial charge in [-0.25, -0.2) is 0 Å². The zero-order chi connectivity index (χ0) is 8.69. The summed E-state index contributed by atoms with van der Waals surface area (Å²) < 4.78 is 0. The van der Waals surface area contributed by atoms with Crippen molar-refractivity contribution in [1.29, 1.82) is 0 Å². The highest BCUT2D eigenvalue weighted by atomic mass is 16.4. The average Bonchev–Trinajstić information content (AvgIpc) is 1.87. The molecule has 0 radical (unpaired) electrons. The maximum atomic E-state index is 10.1. The minimum Gasteiger partial charge on any atom is -0.481 e. The van der Waals surface area contributed by atoms with Gasteiger partial charge in [0.15, 0.2) is 0 Å². The highest BCUT2D eigenvalue weighted by molar-refractivity contribution is 5.66. The first-order valence-corrected chi connectivity index (χ1v) is 4.38. The largest absolute Gasteiger partial charge is 0.481 e. The molecule has 1 atom stereocenters. The van der Waals surface area contributed by atoms with Crippen molar-refractivity contribution in [3.8, 4) is 0 Å². The molecule has 0 saturated carbocycles. The van der Waals surface area contributed by atoms with Crippen LogP contribution >= 0.6 is 0 Å². The summed E-state index contributed by atoms with van der Waals surface area (Å²) in [4.78, 5) is 10.1. The molecule has 0 saturated heterocycles. The van der Waals surface area contributed by atoms with E-state index in [0.717, 1.165) is 12.8 Å². The first-order valence-electron chi connectivity index (χ1n) is 4.38. The van der Waals surface area contributed by atoms with E-state index >= 15 is 0 Å². The highest BCUT2D eigenvalue weighted by Crippen LogP contribution is 2.13. The van der Waals surface area contributed by atoms with Crippen LogP contribution in [0.15, 0.2) is 0 Å². The van der Waals surface area contributed by atoms with Gasteiger partial charge in [-0.2, -0.15) is 0 Å². The molecule has 0 aromatic carbocycles. The van der Waals surface area contributed by atoms with Gasteiger partial charge in [-0.3, -0.25) is 4.79 Å². The van der Waals surface area contributed by atoms with Gasteiger partial charge in [-0.15, -0.1) is 0 Å². The molecule has 0 heterocycles. The van der Waals surface area contributed by atoms with Crippen molar-refractivity contribution in [2.45, 2.75) is 46.0 Å². The van der Waals surface area contributed by atoms with Crippen LogP contribution in [0.1, 0.15) is 46.0 Å². The van der Waals surface area contributed by atoms with Crippen LogP contribution < -0.4 is 0 Å². The van der Waals surface area contributed by atoms with Gasteiger partial charge in [0, 0.05) is 6.42 Å². The molecule has 0 spiro atoms. The molecule has 1 N–H and O–H groups in total. The average molecular weight is 158 g/mol. The fourth-order valence-electron chi connectivity index (χ4n) is 1.24. The standard InChI is InChI=1S/C9H18O2/c1-3-5-8(2)6-4-7-9(10)11/h8H,3-7H2,1-2H3,(H,10,11)/t8-/m0/s1. The van der Waals surface area contributed by atoms with Crippen molar-refractivity contribution in [2.24, 2.45) is 5.92 Å². The van der Waals surface area contributed by atoms with Crippen molar-refractivity contribution in [3.05, 3.63) is 0 Å². The molecule has 2 nitrogen and oxygen atoms in total. The monoisotopic (exact) mass is 158 g/mol. The van der Waals surface area contributed by atoms with Crippen molar-refractivity contribution in [3.63, 3.8) is 0 Å². The highest BCUT2D eigenvalue weighted by Gasteiger charge is 2.02. The summed E-state index contributed by atoms with van der Waals surface area (Å²) in [6, 6.07) is 0. The Morgan fingerprint density at radius 1 is 1.45 bits per heavy atom. The number of rotatable bonds is 6. The molecule has 11 heavy (non-hydrogen) atoms. The number of hydrogen-bond donors (Lipinski definition) is 1. The molecule has 2 heteroatoms. The molecule has 0 aliphatic carbocycles. The molecule has 0 aliphatic rings. The molecular weight excluding hydrogens is 140 g/mol. The topological polar surface area (TPSA) is 37.3 Å². The molecule has 0 unspecified atom stereocenters. The lowest BCUT2D eigenvalue weighted by atomic mass is 9.99. The first kappa shape index (κ1) is 10.5. The maximum absolute atomic E-state index is 10.1. The third-order valence-corrected chi connectivity index (χ3v) is 1.87. The Labute approximate surface area is 68.6 Å². The van der Waals surface area contributed by atoms with Crippen LogP contribution in [0.3, 0.4) is 0 Å². The third-order valence-electron chi connectivity index (χ3n) is 1.87. The van der Waals surface area contributed by atoms with Crippen LogP contribution in [0, 0.1) is 5.92 Å². The molecule has 0 rings (SSSR count). The second-order valence-corrected chi connectivity index (χ2v) is 3.18. The Kier molecular flexibility index (Phi) is 5.90. The Balaban J connectivity index is 3.16. The summed E-state index contributed by atoms with van der Waals surface area (Å²) in [5, 5.41) is 8.36. The molecule has 0 amide bonds. The van der Waals surface area contributed by atoms with Gasteiger partial charge < -0.3 is 5.11 Å². The summed E-state index contributed by atoms with van der Waals surface area (Å²) in [7, 11) is 0. The Hall–Kier alpha value is -0.530. The minimum atomic E-state index is -0.673. The van der Waals surface area contributed by atoms with E-state index in [-0.39, 0.29) is 0 Å². The van der Waals surface area contributed by atoms with Crippen LogP contribution in [0.2, 0.25) is 0 Å². The molecule has 0 bridgehead atoms. The number of carboxylic acids is 1. The van der Waals surface area contributed by atoms with E-state index in [1.165, 1.54) is 12.8 Å². The zero-order valence-corrected chi connectivity index (χ0v) is 7.47. The predicted molar refractivity (Wildman–Crippen MR) is 45.6 cm³/mol. The number of carboxylic acid groups (broad SMARTS) is 1. The van der Waals surface area contributed by atoms with Crippen molar-refractivity contribution >= 4 is 5.97 Å². The SMILES string of the molecule is CCC[C@H](C)CCCC(=O)O. The van der Waals surface area contributed by atoms with Gasteiger partial charge in [0.2, 0.25) is 0 Å². The van der Waals surface area contributed by atoms with Crippen LogP contribution in [0.5, 0.6) is 0 Å². The fourth-order valence-corrected chi connectivity index (χ4v) is 1.24. The van der Waals surface area contributed by atoms with Gasteiger partial charge >= 0.3 is 5.97 Å². The molecule has 0 aromatic heterocycles. The Morgan fingerprint density at radius 3 is 2.55 bits per heavy atom. The van der Waals surface area contributed by atoms with Crippen LogP contribution in [0.4, 0.5) is 0 Å². The second kappa shape index (κ2) is 6.20. The normalized spacial score (nSPS) is 12.9. The smallest absolute Gasteiger partial charge is 0.303 e. The summed E-state index contributed by atoms with van der Waals surface area (Å²) in [6.07, 6.45) is 4.64. The van der Waals surface area contributed by atoms with Crippen molar-refractivity contribution < 1.29 is 9.90 Å². The summed E-state index contributed by atoms with van der Waals surface area (Å²) in [5.41, 5.74) is 0. The molecule has 0 aliphatic heterocycles. The lowest BCUT2D eigenvalue weighted by Gasteiger charge is -2.07. The first-order chi connectivity index (χ1) is 5.16. The fraction of sp³-hybridized carbons (Fsp3) is 0.889. The van der Waals surface area contributed by atoms with E-state index in [9.17, 15) is 4.79 Å².